The van der Waals surface area contributed by atoms with Crippen LogP contribution in [0.1, 0.15) is 43.4 Å². The standard InChI is InChI=1S/C14H19NO2/c1-10(17-2)5-8-13(16)12-7-6-11-4-3-9-15-14(11)12/h3-4,9-10,12H,5-8H2,1-2H3. The van der Waals surface area contributed by atoms with Gasteiger partial charge >= 0.3 is 0 Å². The first-order valence-electron chi connectivity index (χ1n) is 6.21. The highest BCUT2D eigenvalue weighted by atomic mass is 16.5. The van der Waals surface area contributed by atoms with E-state index in [-0.39, 0.29) is 12.0 Å². The predicted molar refractivity (Wildman–Crippen MR) is 66.0 cm³/mol. The largest absolute Gasteiger partial charge is 0.382 e. The number of carbonyl (C=O) groups is 1. The molecule has 17 heavy (non-hydrogen) atoms. The molecule has 0 aromatic carbocycles. The molecule has 1 heterocycles. The molecule has 0 N–H and O–H groups in total. The summed E-state index contributed by atoms with van der Waals surface area (Å²) in [5.41, 5.74) is 2.24. The lowest BCUT2D eigenvalue weighted by atomic mass is 9.96. The molecular weight excluding hydrogens is 214 g/mol. The minimum atomic E-state index is 0.0234. The first-order chi connectivity index (χ1) is 8.22. The summed E-state index contributed by atoms with van der Waals surface area (Å²) in [6.07, 6.45) is 5.24. The van der Waals surface area contributed by atoms with E-state index in [2.05, 4.69) is 11.1 Å². The van der Waals surface area contributed by atoms with Crippen molar-refractivity contribution < 1.29 is 9.53 Å². The SMILES string of the molecule is COC(C)CCC(=O)C1CCc2cccnc21. The van der Waals surface area contributed by atoms with Crippen LogP contribution in [0, 0.1) is 0 Å². The number of Topliss-reactive ketones (excluding diaryl/α,β-unsaturated/α-hetero) is 1. The van der Waals surface area contributed by atoms with Gasteiger partial charge in [-0.05, 0) is 37.8 Å². The van der Waals surface area contributed by atoms with Gasteiger partial charge in [0.1, 0.15) is 5.78 Å². The number of pyridine rings is 1. The maximum Gasteiger partial charge on any atom is 0.142 e. The number of rotatable bonds is 5. The summed E-state index contributed by atoms with van der Waals surface area (Å²) in [5, 5.41) is 0. The summed E-state index contributed by atoms with van der Waals surface area (Å²) in [7, 11) is 1.68. The van der Waals surface area contributed by atoms with Crippen molar-refractivity contribution in [3.63, 3.8) is 0 Å². The maximum absolute atomic E-state index is 12.1. The van der Waals surface area contributed by atoms with Crippen molar-refractivity contribution in [1.29, 1.82) is 0 Å². The fourth-order valence-corrected chi connectivity index (χ4v) is 2.36. The Morgan fingerprint density at radius 1 is 1.65 bits per heavy atom. The third-order valence-electron chi connectivity index (χ3n) is 3.55. The van der Waals surface area contributed by atoms with E-state index in [4.69, 9.17) is 4.74 Å². The van der Waals surface area contributed by atoms with Crippen molar-refractivity contribution in [2.75, 3.05) is 7.11 Å². The molecule has 0 radical (unpaired) electrons. The zero-order chi connectivity index (χ0) is 12.3. The zero-order valence-electron chi connectivity index (χ0n) is 10.5. The second-order valence-corrected chi connectivity index (χ2v) is 4.69. The first-order valence-corrected chi connectivity index (χ1v) is 6.21. The van der Waals surface area contributed by atoms with Gasteiger partial charge in [-0.3, -0.25) is 9.78 Å². The molecule has 0 amide bonds. The van der Waals surface area contributed by atoms with Crippen LogP contribution < -0.4 is 0 Å². The molecule has 0 fully saturated rings. The molecule has 3 heteroatoms. The average Bonchev–Trinajstić information content (AvgIpc) is 2.79. The van der Waals surface area contributed by atoms with Gasteiger partial charge in [0.25, 0.3) is 0 Å². The van der Waals surface area contributed by atoms with E-state index < -0.39 is 0 Å². The van der Waals surface area contributed by atoms with Crippen LogP contribution in [-0.2, 0) is 16.0 Å². The van der Waals surface area contributed by atoms with Gasteiger partial charge in [0.15, 0.2) is 0 Å². The number of fused-ring (bicyclic) bond motifs is 1. The Hall–Kier alpha value is -1.22. The highest BCUT2D eigenvalue weighted by Gasteiger charge is 2.29. The Balaban J connectivity index is 1.98. The molecule has 2 rings (SSSR count). The van der Waals surface area contributed by atoms with Crippen LogP contribution in [0.15, 0.2) is 18.3 Å². The maximum atomic E-state index is 12.1. The molecule has 0 spiro atoms. The quantitative estimate of drug-likeness (QED) is 0.784. The Kier molecular flexibility index (Phi) is 3.89. The second kappa shape index (κ2) is 5.41. The van der Waals surface area contributed by atoms with Crippen molar-refractivity contribution in [1.82, 2.24) is 4.98 Å². The molecule has 3 nitrogen and oxygen atoms in total. The van der Waals surface area contributed by atoms with Gasteiger partial charge in [-0.25, -0.2) is 0 Å². The number of ether oxygens (including phenoxy) is 1. The molecule has 2 unspecified atom stereocenters. The molecule has 1 aliphatic carbocycles. The number of hydrogen-bond donors (Lipinski definition) is 0. The normalized spacial score (nSPS) is 20.0. The van der Waals surface area contributed by atoms with Gasteiger partial charge in [0.05, 0.1) is 17.7 Å². The fourth-order valence-electron chi connectivity index (χ4n) is 2.36. The van der Waals surface area contributed by atoms with Crippen molar-refractivity contribution in [3.05, 3.63) is 29.6 Å². The van der Waals surface area contributed by atoms with E-state index in [1.54, 1.807) is 13.3 Å². The van der Waals surface area contributed by atoms with Crippen molar-refractivity contribution in [3.8, 4) is 0 Å². The molecule has 1 aromatic heterocycles. The van der Waals surface area contributed by atoms with E-state index >= 15 is 0 Å². The van der Waals surface area contributed by atoms with Gasteiger partial charge in [-0.2, -0.15) is 0 Å². The zero-order valence-corrected chi connectivity index (χ0v) is 10.5. The minimum Gasteiger partial charge on any atom is -0.382 e. The van der Waals surface area contributed by atoms with Gasteiger partial charge in [-0.15, -0.1) is 0 Å². The Morgan fingerprint density at radius 3 is 3.24 bits per heavy atom. The molecule has 1 aromatic rings. The van der Waals surface area contributed by atoms with Gasteiger partial charge in [0.2, 0.25) is 0 Å². The summed E-state index contributed by atoms with van der Waals surface area (Å²) in [6, 6.07) is 4.02. The average molecular weight is 233 g/mol. The molecule has 92 valence electrons. The molecule has 2 atom stereocenters. The summed E-state index contributed by atoms with van der Waals surface area (Å²) in [5.74, 6) is 0.335. The van der Waals surface area contributed by atoms with E-state index in [9.17, 15) is 4.79 Å². The number of carbonyl (C=O) groups excluding carboxylic acids is 1. The summed E-state index contributed by atoms with van der Waals surface area (Å²) >= 11 is 0. The monoisotopic (exact) mass is 233 g/mol. The van der Waals surface area contributed by atoms with Crippen LogP contribution in [0.5, 0.6) is 0 Å². The number of methoxy groups -OCH3 is 1. The lowest BCUT2D eigenvalue weighted by molar-refractivity contribution is -0.121. The summed E-state index contributed by atoms with van der Waals surface area (Å²) < 4.78 is 5.16. The smallest absolute Gasteiger partial charge is 0.142 e. The lowest BCUT2D eigenvalue weighted by Crippen LogP contribution is -2.14. The summed E-state index contributed by atoms with van der Waals surface area (Å²) in [6.45, 7) is 1.99. The third-order valence-corrected chi connectivity index (χ3v) is 3.55. The number of aromatic nitrogens is 1. The first kappa shape index (κ1) is 12.2. The Labute approximate surface area is 102 Å². The summed E-state index contributed by atoms with van der Waals surface area (Å²) in [4.78, 5) is 16.5. The van der Waals surface area contributed by atoms with Gasteiger partial charge in [0, 0.05) is 19.7 Å². The van der Waals surface area contributed by atoms with Crippen molar-refractivity contribution >= 4 is 5.78 Å². The lowest BCUT2D eigenvalue weighted by Gasteiger charge is -2.12. The molecule has 0 saturated carbocycles. The Bertz CT molecular complexity index is 403. The molecule has 0 aliphatic heterocycles. The number of aryl methyl sites for hydroxylation is 1. The minimum absolute atomic E-state index is 0.0234. The van der Waals surface area contributed by atoms with Crippen molar-refractivity contribution in [2.24, 2.45) is 0 Å². The second-order valence-electron chi connectivity index (χ2n) is 4.69. The third kappa shape index (κ3) is 2.72. The number of hydrogen-bond acceptors (Lipinski definition) is 3. The number of nitrogens with zero attached hydrogens (tertiary/aromatic N) is 1. The van der Waals surface area contributed by atoms with Crippen molar-refractivity contribution in [2.45, 2.75) is 44.6 Å². The van der Waals surface area contributed by atoms with E-state index in [1.807, 2.05) is 13.0 Å². The van der Waals surface area contributed by atoms with E-state index in [1.165, 1.54) is 5.56 Å². The van der Waals surface area contributed by atoms with E-state index in [0.717, 1.165) is 25.0 Å². The highest BCUT2D eigenvalue weighted by molar-refractivity contribution is 5.86. The Morgan fingerprint density at radius 2 is 2.47 bits per heavy atom. The number of ketones is 1. The van der Waals surface area contributed by atoms with Gasteiger partial charge in [-0.1, -0.05) is 6.07 Å². The van der Waals surface area contributed by atoms with Crippen LogP contribution in [-0.4, -0.2) is 24.0 Å². The predicted octanol–water partition coefficient (Wildman–Crippen LogP) is 2.50. The van der Waals surface area contributed by atoms with Crippen LogP contribution >= 0.6 is 0 Å². The van der Waals surface area contributed by atoms with Crippen LogP contribution in [0.25, 0.3) is 0 Å². The molecule has 0 bridgehead atoms. The van der Waals surface area contributed by atoms with Crippen LogP contribution in [0.2, 0.25) is 0 Å². The van der Waals surface area contributed by atoms with Crippen LogP contribution in [0.4, 0.5) is 0 Å². The highest BCUT2D eigenvalue weighted by Crippen LogP contribution is 2.32. The topological polar surface area (TPSA) is 39.2 Å². The molecule has 1 aliphatic rings. The van der Waals surface area contributed by atoms with E-state index in [0.29, 0.717) is 12.2 Å². The fraction of sp³-hybridized carbons (Fsp3) is 0.571. The van der Waals surface area contributed by atoms with Gasteiger partial charge < -0.3 is 4.74 Å². The molecular formula is C14H19NO2. The van der Waals surface area contributed by atoms with Crippen LogP contribution in [0.3, 0.4) is 0 Å². The molecule has 0 saturated heterocycles.